The summed E-state index contributed by atoms with van der Waals surface area (Å²) < 4.78 is 0. The number of nitrogens with one attached hydrogen (secondary N) is 1. The molecule has 0 aliphatic rings. The smallest absolute Gasteiger partial charge is 0.149 e. The second-order valence-corrected chi connectivity index (χ2v) is 5.86. The zero-order valence-corrected chi connectivity index (χ0v) is 14.0. The highest BCUT2D eigenvalue weighted by atomic mass is 14.9. The number of nitrogens with zero attached hydrogens (tertiary/aromatic N) is 3. The van der Waals surface area contributed by atoms with E-state index in [0.29, 0.717) is 17.1 Å². The van der Waals surface area contributed by atoms with Crippen LogP contribution in [0.1, 0.15) is 27.8 Å². The lowest BCUT2D eigenvalue weighted by atomic mass is 10.0. The van der Waals surface area contributed by atoms with E-state index in [0.717, 1.165) is 22.3 Å². The summed E-state index contributed by atoms with van der Waals surface area (Å²) in [6.45, 7) is 4.00. The Morgan fingerprint density at radius 2 is 1.60 bits per heavy atom. The van der Waals surface area contributed by atoms with Gasteiger partial charge in [0, 0.05) is 6.21 Å². The predicted molar refractivity (Wildman–Crippen MR) is 98.8 cm³/mol. The first kappa shape index (κ1) is 16.2. The molecule has 0 aliphatic carbocycles. The molecule has 1 N–H and O–H groups in total. The van der Waals surface area contributed by atoms with E-state index in [2.05, 4.69) is 22.1 Å². The molecule has 0 spiro atoms. The van der Waals surface area contributed by atoms with E-state index in [-0.39, 0.29) is 5.56 Å². The average molecular weight is 324 g/mol. The van der Waals surface area contributed by atoms with Crippen LogP contribution in [0, 0.1) is 36.5 Å². The SMILES string of the molecule is Cc1cccc(C=Nc2[nH]c(-c3cccc(C)c3)c(C#N)c2C#N)c1. The third-order valence-electron chi connectivity index (χ3n) is 3.90. The largest absolute Gasteiger partial charge is 0.337 e. The van der Waals surface area contributed by atoms with Gasteiger partial charge in [0.25, 0.3) is 0 Å². The van der Waals surface area contributed by atoms with Crippen molar-refractivity contribution in [2.45, 2.75) is 13.8 Å². The molecule has 0 fully saturated rings. The number of benzene rings is 2. The fourth-order valence-corrected chi connectivity index (χ4v) is 2.71. The van der Waals surface area contributed by atoms with Gasteiger partial charge >= 0.3 is 0 Å². The van der Waals surface area contributed by atoms with Crippen LogP contribution >= 0.6 is 0 Å². The van der Waals surface area contributed by atoms with Gasteiger partial charge in [0.2, 0.25) is 0 Å². The maximum absolute atomic E-state index is 9.52. The van der Waals surface area contributed by atoms with E-state index in [4.69, 9.17) is 0 Å². The highest BCUT2D eigenvalue weighted by molar-refractivity contribution is 5.84. The molecule has 4 heteroatoms. The Kier molecular flexibility index (Phi) is 4.46. The topological polar surface area (TPSA) is 75.7 Å². The number of nitriles is 2. The van der Waals surface area contributed by atoms with Crippen molar-refractivity contribution < 1.29 is 0 Å². The summed E-state index contributed by atoms with van der Waals surface area (Å²) >= 11 is 0. The Morgan fingerprint density at radius 3 is 2.24 bits per heavy atom. The molecule has 4 nitrogen and oxygen atoms in total. The van der Waals surface area contributed by atoms with Crippen molar-refractivity contribution in [1.82, 2.24) is 4.98 Å². The molecule has 0 amide bonds. The van der Waals surface area contributed by atoms with Crippen molar-refractivity contribution in [3.8, 4) is 23.4 Å². The molecule has 0 saturated heterocycles. The first-order valence-electron chi connectivity index (χ1n) is 7.86. The van der Waals surface area contributed by atoms with Crippen molar-refractivity contribution in [3.05, 3.63) is 76.3 Å². The highest BCUT2D eigenvalue weighted by Crippen LogP contribution is 2.32. The minimum absolute atomic E-state index is 0.267. The minimum Gasteiger partial charge on any atom is -0.337 e. The van der Waals surface area contributed by atoms with Crippen LogP contribution in [-0.4, -0.2) is 11.2 Å². The van der Waals surface area contributed by atoms with Crippen LogP contribution in [0.2, 0.25) is 0 Å². The Balaban J connectivity index is 2.09. The zero-order valence-electron chi connectivity index (χ0n) is 14.0. The molecule has 120 valence electrons. The van der Waals surface area contributed by atoms with Gasteiger partial charge in [-0.2, -0.15) is 10.5 Å². The number of rotatable bonds is 3. The van der Waals surface area contributed by atoms with Crippen LogP contribution in [0.3, 0.4) is 0 Å². The quantitative estimate of drug-likeness (QED) is 0.703. The van der Waals surface area contributed by atoms with Crippen LogP contribution in [0.5, 0.6) is 0 Å². The first-order valence-corrected chi connectivity index (χ1v) is 7.86. The van der Waals surface area contributed by atoms with Crippen LogP contribution in [-0.2, 0) is 0 Å². The molecular weight excluding hydrogens is 308 g/mol. The van der Waals surface area contributed by atoms with Crippen molar-refractivity contribution in [3.63, 3.8) is 0 Å². The number of hydrogen-bond acceptors (Lipinski definition) is 3. The van der Waals surface area contributed by atoms with E-state index in [1.807, 2.05) is 62.4 Å². The van der Waals surface area contributed by atoms with Gasteiger partial charge in [-0.1, -0.05) is 53.6 Å². The lowest BCUT2D eigenvalue weighted by Crippen LogP contribution is -1.83. The number of aliphatic imine (C=N–C) groups is 1. The van der Waals surface area contributed by atoms with Crippen molar-refractivity contribution >= 4 is 12.0 Å². The number of aromatic nitrogens is 1. The van der Waals surface area contributed by atoms with Crippen LogP contribution < -0.4 is 0 Å². The van der Waals surface area contributed by atoms with E-state index >= 15 is 0 Å². The third-order valence-corrected chi connectivity index (χ3v) is 3.90. The maximum Gasteiger partial charge on any atom is 0.149 e. The summed E-state index contributed by atoms with van der Waals surface area (Å²) in [6, 6.07) is 19.9. The number of aryl methyl sites for hydroxylation is 2. The van der Waals surface area contributed by atoms with E-state index in [1.165, 1.54) is 0 Å². The highest BCUT2D eigenvalue weighted by Gasteiger charge is 2.18. The maximum atomic E-state index is 9.52. The Hall–Kier alpha value is -3.63. The Bertz CT molecular complexity index is 1040. The van der Waals surface area contributed by atoms with Gasteiger partial charge in [0.05, 0.1) is 11.3 Å². The average Bonchev–Trinajstić information content (AvgIpc) is 2.97. The summed E-state index contributed by atoms with van der Waals surface area (Å²) in [7, 11) is 0. The van der Waals surface area contributed by atoms with Crippen LogP contribution in [0.25, 0.3) is 11.3 Å². The molecule has 3 rings (SSSR count). The van der Waals surface area contributed by atoms with Gasteiger partial charge in [-0.3, -0.25) is 0 Å². The summed E-state index contributed by atoms with van der Waals surface area (Å²) in [6.07, 6.45) is 1.70. The standard InChI is InChI=1S/C21H16N4/c1-14-5-3-7-16(9-14)13-24-21-19(12-23)18(11-22)20(25-21)17-8-4-6-15(2)10-17/h3-10,13,25H,1-2H3. The van der Waals surface area contributed by atoms with Gasteiger partial charge in [0.15, 0.2) is 0 Å². The number of aromatic amines is 1. The minimum atomic E-state index is 0.267. The second-order valence-electron chi connectivity index (χ2n) is 5.86. The van der Waals surface area contributed by atoms with Gasteiger partial charge < -0.3 is 4.98 Å². The fourth-order valence-electron chi connectivity index (χ4n) is 2.71. The van der Waals surface area contributed by atoms with Gasteiger partial charge in [-0.15, -0.1) is 0 Å². The molecule has 25 heavy (non-hydrogen) atoms. The normalized spacial score (nSPS) is 10.6. The molecule has 0 saturated carbocycles. The molecule has 1 aromatic heterocycles. The van der Waals surface area contributed by atoms with Crippen molar-refractivity contribution in [1.29, 1.82) is 10.5 Å². The number of hydrogen-bond donors (Lipinski definition) is 1. The molecule has 2 aromatic carbocycles. The molecule has 0 bridgehead atoms. The molecule has 0 radical (unpaired) electrons. The van der Waals surface area contributed by atoms with E-state index < -0.39 is 0 Å². The lowest BCUT2D eigenvalue weighted by molar-refractivity contribution is 1.32. The summed E-state index contributed by atoms with van der Waals surface area (Å²) in [5.74, 6) is 0.400. The fraction of sp³-hybridized carbons (Fsp3) is 0.0952. The number of H-pyrrole nitrogens is 1. The Morgan fingerprint density at radius 1 is 0.920 bits per heavy atom. The summed E-state index contributed by atoms with van der Waals surface area (Å²) in [4.78, 5) is 7.55. The second kappa shape index (κ2) is 6.86. The van der Waals surface area contributed by atoms with Crippen molar-refractivity contribution in [2.75, 3.05) is 0 Å². The monoisotopic (exact) mass is 324 g/mol. The third kappa shape index (κ3) is 3.34. The predicted octanol–water partition coefficient (Wildman–Crippen LogP) is 4.79. The zero-order chi connectivity index (χ0) is 17.8. The molecule has 0 unspecified atom stereocenters. The molecule has 3 aromatic rings. The lowest BCUT2D eigenvalue weighted by Gasteiger charge is -2.00. The van der Waals surface area contributed by atoms with Gasteiger partial charge in [-0.05, 0) is 31.0 Å². The summed E-state index contributed by atoms with van der Waals surface area (Å²) in [5.41, 5.74) is 5.24. The molecule has 1 heterocycles. The Labute approximate surface area is 146 Å². The van der Waals surface area contributed by atoms with E-state index in [1.54, 1.807) is 6.21 Å². The van der Waals surface area contributed by atoms with Gasteiger partial charge in [0.1, 0.15) is 23.5 Å². The molecule has 0 aliphatic heterocycles. The first-order chi connectivity index (χ1) is 12.1. The van der Waals surface area contributed by atoms with Crippen molar-refractivity contribution in [2.24, 2.45) is 4.99 Å². The van der Waals surface area contributed by atoms with Gasteiger partial charge in [-0.25, -0.2) is 4.99 Å². The van der Waals surface area contributed by atoms with E-state index in [9.17, 15) is 10.5 Å². The molecule has 0 atom stereocenters. The summed E-state index contributed by atoms with van der Waals surface area (Å²) in [5, 5.41) is 19.0. The van der Waals surface area contributed by atoms with Crippen LogP contribution in [0.4, 0.5) is 5.82 Å². The van der Waals surface area contributed by atoms with Crippen LogP contribution in [0.15, 0.2) is 53.5 Å². The molecular formula is C21H16N4.